The maximum Gasteiger partial charge on any atom is 0.128 e. The fourth-order valence-corrected chi connectivity index (χ4v) is 2.11. The van der Waals surface area contributed by atoms with Gasteiger partial charge in [-0.2, -0.15) is 0 Å². The van der Waals surface area contributed by atoms with Crippen LogP contribution in [0.3, 0.4) is 0 Å². The van der Waals surface area contributed by atoms with Gasteiger partial charge in [-0.3, -0.25) is 0 Å². The molecule has 2 rings (SSSR count). The fourth-order valence-electron chi connectivity index (χ4n) is 2.11. The van der Waals surface area contributed by atoms with Crippen molar-refractivity contribution in [1.29, 1.82) is 0 Å². The summed E-state index contributed by atoms with van der Waals surface area (Å²) in [6.45, 7) is 7.29. The molecule has 3 nitrogen and oxygen atoms in total. The van der Waals surface area contributed by atoms with Gasteiger partial charge in [-0.25, -0.2) is 0 Å². The molecular formula is C16H23NO2. The molecule has 0 bridgehead atoms. The lowest BCUT2D eigenvalue weighted by atomic mass is 10.1. The largest absolute Gasteiger partial charge is 0.464 e. The first-order valence-electron chi connectivity index (χ1n) is 7.19. The molecular weight excluding hydrogens is 238 g/mol. The molecule has 0 atom stereocenters. The zero-order valence-corrected chi connectivity index (χ0v) is 12.0. The molecule has 0 fully saturated rings. The van der Waals surface area contributed by atoms with Crippen molar-refractivity contribution in [1.82, 2.24) is 5.32 Å². The second kappa shape index (κ2) is 6.62. The number of aryl methyl sites for hydroxylation is 2. The van der Waals surface area contributed by atoms with Crippen LogP contribution in [0.4, 0.5) is 0 Å². The summed E-state index contributed by atoms with van der Waals surface area (Å²) in [4.78, 5) is 0. The van der Waals surface area contributed by atoms with E-state index in [1.165, 1.54) is 0 Å². The highest BCUT2D eigenvalue weighted by molar-refractivity contribution is 5.22. The van der Waals surface area contributed by atoms with Gasteiger partial charge in [-0.05, 0) is 37.2 Å². The summed E-state index contributed by atoms with van der Waals surface area (Å²) in [7, 11) is 0. The van der Waals surface area contributed by atoms with Gasteiger partial charge < -0.3 is 14.2 Å². The van der Waals surface area contributed by atoms with E-state index in [0.717, 1.165) is 48.8 Å². The first kappa shape index (κ1) is 13.9. The molecule has 0 aromatic carbocycles. The molecule has 0 aliphatic heterocycles. The average molecular weight is 261 g/mol. The van der Waals surface area contributed by atoms with E-state index in [9.17, 15) is 0 Å². The van der Waals surface area contributed by atoms with Gasteiger partial charge in [0.05, 0.1) is 0 Å². The molecule has 0 aliphatic rings. The van der Waals surface area contributed by atoms with Crippen LogP contribution in [-0.4, -0.2) is 6.54 Å². The topological polar surface area (TPSA) is 38.3 Å². The van der Waals surface area contributed by atoms with E-state index in [2.05, 4.69) is 26.1 Å². The number of nitrogens with one attached hydrogen (secondary N) is 1. The first-order valence-corrected chi connectivity index (χ1v) is 7.19. The van der Waals surface area contributed by atoms with Crippen LogP contribution in [-0.2, 0) is 12.8 Å². The molecule has 0 saturated heterocycles. The van der Waals surface area contributed by atoms with Crippen LogP contribution in [0.1, 0.15) is 56.3 Å². The average Bonchev–Trinajstić information content (AvgIpc) is 3.08. The highest BCUT2D eigenvalue weighted by atomic mass is 16.4. The molecule has 2 aromatic rings. The molecule has 0 saturated carbocycles. The van der Waals surface area contributed by atoms with Gasteiger partial charge in [0.25, 0.3) is 0 Å². The summed E-state index contributed by atoms with van der Waals surface area (Å²) in [5.41, 5.74) is 0. The number of hydrogen-bond acceptors (Lipinski definition) is 3. The molecule has 0 amide bonds. The van der Waals surface area contributed by atoms with Crippen molar-refractivity contribution in [3.05, 3.63) is 47.3 Å². The number of hydrogen-bond donors (Lipinski definition) is 1. The number of rotatable bonds is 7. The van der Waals surface area contributed by atoms with Gasteiger partial charge in [0, 0.05) is 12.8 Å². The lowest BCUT2D eigenvalue weighted by molar-refractivity contribution is 0.367. The van der Waals surface area contributed by atoms with Crippen LogP contribution in [0.15, 0.2) is 33.1 Å². The molecule has 19 heavy (non-hydrogen) atoms. The van der Waals surface area contributed by atoms with E-state index in [0.29, 0.717) is 0 Å². The van der Waals surface area contributed by atoms with Gasteiger partial charge in [0.15, 0.2) is 0 Å². The SMILES string of the molecule is CCCNC(c1ccc(CC)o1)c1ccc(CC)o1. The highest BCUT2D eigenvalue weighted by Crippen LogP contribution is 2.26. The third kappa shape index (κ3) is 3.29. The molecule has 104 valence electrons. The van der Waals surface area contributed by atoms with E-state index in [1.807, 2.05) is 24.3 Å². The molecule has 0 unspecified atom stereocenters. The molecule has 2 heterocycles. The summed E-state index contributed by atoms with van der Waals surface area (Å²) < 4.78 is 11.7. The van der Waals surface area contributed by atoms with Crippen molar-refractivity contribution in [3.8, 4) is 0 Å². The van der Waals surface area contributed by atoms with Crippen LogP contribution in [0.2, 0.25) is 0 Å². The lowest BCUT2D eigenvalue weighted by Crippen LogP contribution is -2.22. The summed E-state index contributed by atoms with van der Waals surface area (Å²) in [6.07, 6.45) is 2.91. The summed E-state index contributed by atoms with van der Waals surface area (Å²) in [5, 5.41) is 3.49. The van der Waals surface area contributed by atoms with E-state index >= 15 is 0 Å². The molecule has 3 heteroatoms. The number of furan rings is 2. The molecule has 0 spiro atoms. The summed E-state index contributed by atoms with van der Waals surface area (Å²) in [5.74, 6) is 3.89. The minimum Gasteiger partial charge on any atom is -0.464 e. The Morgan fingerprint density at radius 1 is 0.895 bits per heavy atom. The maximum atomic E-state index is 5.87. The van der Waals surface area contributed by atoms with Gasteiger partial charge >= 0.3 is 0 Å². The van der Waals surface area contributed by atoms with Crippen LogP contribution >= 0.6 is 0 Å². The monoisotopic (exact) mass is 261 g/mol. The third-order valence-corrected chi connectivity index (χ3v) is 3.23. The van der Waals surface area contributed by atoms with E-state index in [4.69, 9.17) is 8.83 Å². The zero-order valence-electron chi connectivity index (χ0n) is 12.0. The standard InChI is InChI=1S/C16H23NO2/c1-4-11-17-16(14-9-7-12(5-2)18-14)15-10-8-13(6-3)19-15/h7-10,16-17H,4-6,11H2,1-3H3. The second-order valence-electron chi connectivity index (χ2n) is 4.70. The minimum atomic E-state index is 0.0144. The van der Waals surface area contributed by atoms with E-state index < -0.39 is 0 Å². The van der Waals surface area contributed by atoms with E-state index in [-0.39, 0.29) is 6.04 Å². The van der Waals surface area contributed by atoms with Crippen molar-refractivity contribution in [2.24, 2.45) is 0 Å². The Morgan fingerprint density at radius 2 is 1.42 bits per heavy atom. The predicted octanol–water partition coefficient (Wildman–Crippen LogP) is 4.09. The third-order valence-electron chi connectivity index (χ3n) is 3.23. The molecule has 1 N–H and O–H groups in total. The van der Waals surface area contributed by atoms with Crippen molar-refractivity contribution in [2.75, 3.05) is 6.54 Å². The minimum absolute atomic E-state index is 0.0144. The van der Waals surface area contributed by atoms with Gasteiger partial charge in [0.2, 0.25) is 0 Å². The molecule has 0 aliphatic carbocycles. The smallest absolute Gasteiger partial charge is 0.128 e. The van der Waals surface area contributed by atoms with Gasteiger partial charge in [-0.1, -0.05) is 20.8 Å². The van der Waals surface area contributed by atoms with Crippen LogP contribution < -0.4 is 5.32 Å². The fraction of sp³-hybridized carbons (Fsp3) is 0.500. The highest BCUT2D eigenvalue weighted by Gasteiger charge is 2.20. The Kier molecular flexibility index (Phi) is 4.86. The van der Waals surface area contributed by atoms with Crippen LogP contribution in [0.5, 0.6) is 0 Å². The Labute approximate surface area is 115 Å². The molecule has 2 aromatic heterocycles. The van der Waals surface area contributed by atoms with E-state index in [1.54, 1.807) is 0 Å². The zero-order chi connectivity index (χ0) is 13.7. The lowest BCUT2D eigenvalue weighted by Gasteiger charge is -2.13. The van der Waals surface area contributed by atoms with Crippen molar-refractivity contribution >= 4 is 0 Å². The van der Waals surface area contributed by atoms with Crippen LogP contribution in [0, 0.1) is 0 Å². The van der Waals surface area contributed by atoms with Gasteiger partial charge in [0.1, 0.15) is 29.1 Å². The predicted molar refractivity (Wildman–Crippen MR) is 76.3 cm³/mol. The Morgan fingerprint density at radius 3 is 1.79 bits per heavy atom. The molecule has 0 radical (unpaired) electrons. The Bertz CT molecular complexity index is 456. The first-order chi connectivity index (χ1) is 9.28. The van der Waals surface area contributed by atoms with Crippen molar-refractivity contribution < 1.29 is 8.83 Å². The summed E-state index contributed by atoms with van der Waals surface area (Å²) in [6, 6.07) is 8.18. The normalized spacial score (nSPS) is 11.4. The Balaban J connectivity index is 2.23. The maximum absolute atomic E-state index is 5.87. The van der Waals surface area contributed by atoms with Gasteiger partial charge in [-0.15, -0.1) is 0 Å². The van der Waals surface area contributed by atoms with Crippen molar-refractivity contribution in [3.63, 3.8) is 0 Å². The van der Waals surface area contributed by atoms with Crippen molar-refractivity contribution in [2.45, 2.75) is 46.1 Å². The second-order valence-corrected chi connectivity index (χ2v) is 4.70. The Hall–Kier alpha value is -1.48. The van der Waals surface area contributed by atoms with Crippen LogP contribution in [0.25, 0.3) is 0 Å². The quantitative estimate of drug-likeness (QED) is 0.816. The summed E-state index contributed by atoms with van der Waals surface area (Å²) >= 11 is 0.